The number of nitrogens with zero attached hydrogens (tertiary/aromatic N) is 5. The number of sulfonamides is 1. The molecule has 0 aliphatic carbocycles. The smallest absolute Gasteiger partial charge is 0.453 e. The Hall–Kier alpha value is -2.93. The van der Waals surface area contributed by atoms with Crippen LogP contribution >= 0.6 is 0 Å². The number of alkyl halides is 3. The third-order valence-electron chi connectivity index (χ3n) is 4.89. The van der Waals surface area contributed by atoms with Gasteiger partial charge in [0.2, 0.25) is 10.0 Å². The van der Waals surface area contributed by atoms with Gasteiger partial charge in [-0.25, -0.2) is 8.42 Å². The van der Waals surface area contributed by atoms with Gasteiger partial charge >= 0.3 is 6.18 Å². The van der Waals surface area contributed by atoms with E-state index in [1.165, 1.54) is 35.7 Å². The lowest BCUT2D eigenvalue weighted by atomic mass is 10.2. The second kappa shape index (κ2) is 7.96. The highest BCUT2D eigenvalue weighted by molar-refractivity contribution is 7.89. The van der Waals surface area contributed by atoms with E-state index < -0.39 is 22.0 Å². The molecular formula is C18H19F3N6O3S. The van der Waals surface area contributed by atoms with Crippen LogP contribution in [-0.2, 0) is 16.2 Å². The van der Waals surface area contributed by atoms with Crippen molar-refractivity contribution >= 4 is 27.2 Å². The minimum Gasteiger partial charge on any atom is -0.495 e. The summed E-state index contributed by atoms with van der Waals surface area (Å²) in [6.45, 7) is 0.852. The van der Waals surface area contributed by atoms with Crippen molar-refractivity contribution < 1.29 is 26.3 Å². The highest BCUT2D eigenvalue weighted by Gasteiger charge is 2.37. The van der Waals surface area contributed by atoms with E-state index >= 15 is 0 Å². The number of hydrogen-bond acceptors (Lipinski definition) is 7. The lowest BCUT2D eigenvalue weighted by molar-refractivity contribution is -0.146. The van der Waals surface area contributed by atoms with Gasteiger partial charge in [0.1, 0.15) is 10.6 Å². The number of fused-ring (bicyclic) bond motifs is 1. The predicted molar refractivity (Wildman–Crippen MR) is 105 cm³/mol. The summed E-state index contributed by atoms with van der Waals surface area (Å²) in [5.41, 5.74) is 0.255. The highest BCUT2D eigenvalue weighted by atomic mass is 32.2. The molecule has 1 aliphatic rings. The minimum absolute atomic E-state index is 0.0248. The van der Waals surface area contributed by atoms with Crippen molar-refractivity contribution in [2.75, 3.05) is 25.5 Å². The molecule has 2 aromatic heterocycles. The summed E-state index contributed by atoms with van der Waals surface area (Å²) in [5, 5.41) is 13.3. The van der Waals surface area contributed by atoms with Gasteiger partial charge in [0, 0.05) is 18.8 Å². The molecule has 0 radical (unpaired) electrons. The van der Waals surface area contributed by atoms with Crippen molar-refractivity contribution in [3.8, 4) is 5.75 Å². The third kappa shape index (κ3) is 4.14. The molecule has 9 nitrogen and oxygen atoms in total. The van der Waals surface area contributed by atoms with Crippen molar-refractivity contribution in [3.63, 3.8) is 0 Å². The van der Waals surface area contributed by atoms with Gasteiger partial charge in [0.15, 0.2) is 11.5 Å². The normalized spacial score (nSPS) is 15.9. The summed E-state index contributed by atoms with van der Waals surface area (Å²) in [6, 6.07) is 7.17. The van der Waals surface area contributed by atoms with Crippen LogP contribution in [0.5, 0.6) is 5.75 Å². The molecule has 0 saturated carbocycles. The van der Waals surface area contributed by atoms with Crippen molar-refractivity contribution in [3.05, 3.63) is 36.2 Å². The molecule has 1 aromatic carbocycles. The van der Waals surface area contributed by atoms with Crippen LogP contribution < -0.4 is 10.1 Å². The fourth-order valence-corrected chi connectivity index (χ4v) is 5.08. The fraction of sp³-hybridized carbons (Fsp3) is 0.389. The van der Waals surface area contributed by atoms with Gasteiger partial charge < -0.3 is 10.1 Å². The Morgan fingerprint density at radius 1 is 1.06 bits per heavy atom. The quantitative estimate of drug-likeness (QED) is 0.630. The monoisotopic (exact) mass is 456 g/mol. The molecule has 1 N–H and O–H groups in total. The molecule has 0 bridgehead atoms. The van der Waals surface area contributed by atoms with Crippen molar-refractivity contribution in [2.45, 2.75) is 30.3 Å². The first-order chi connectivity index (χ1) is 14.7. The van der Waals surface area contributed by atoms with Crippen LogP contribution in [-0.4, -0.2) is 52.7 Å². The number of halogens is 3. The molecule has 3 aromatic rings. The topological polar surface area (TPSA) is 102 Å². The molecule has 166 valence electrons. The van der Waals surface area contributed by atoms with E-state index in [1.54, 1.807) is 6.07 Å². The molecule has 0 unspecified atom stereocenters. The first-order valence-electron chi connectivity index (χ1n) is 9.45. The molecular weight excluding hydrogens is 437 g/mol. The number of methoxy groups -OCH3 is 1. The largest absolute Gasteiger partial charge is 0.495 e. The van der Waals surface area contributed by atoms with Crippen LogP contribution in [0.1, 0.15) is 25.1 Å². The van der Waals surface area contributed by atoms with E-state index in [0.717, 1.165) is 19.3 Å². The number of aromatic nitrogens is 4. The number of hydrogen-bond donors (Lipinski definition) is 1. The molecule has 31 heavy (non-hydrogen) atoms. The Balaban J connectivity index is 1.69. The lowest BCUT2D eigenvalue weighted by Gasteiger charge is -2.26. The summed E-state index contributed by atoms with van der Waals surface area (Å²) < 4.78 is 72.7. The molecule has 1 saturated heterocycles. The van der Waals surface area contributed by atoms with Gasteiger partial charge in [-0.2, -0.15) is 22.0 Å². The fourth-order valence-electron chi connectivity index (χ4n) is 3.38. The maximum Gasteiger partial charge on any atom is 0.453 e. The number of piperidine rings is 1. The third-order valence-corrected chi connectivity index (χ3v) is 6.81. The van der Waals surface area contributed by atoms with Gasteiger partial charge in [-0.1, -0.05) is 6.42 Å². The molecule has 0 amide bonds. The maximum atomic E-state index is 13.1. The molecule has 13 heteroatoms. The minimum atomic E-state index is -4.72. The summed E-state index contributed by atoms with van der Waals surface area (Å²) >= 11 is 0. The first kappa shape index (κ1) is 21.3. The summed E-state index contributed by atoms with van der Waals surface area (Å²) in [5.74, 6) is -1.02. The van der Waals surface area contributed by atoms with E-state index in [4.69, 9.17) is 4.74 Å². The number of rotatable bonds is 5. The van der Waals surface area contributed by atoms with Gasteiger partial charge in [0.05, 0.1) is 7.11 Å². The second-order valence-electron chi connectivity index (χ2n) is 6.97. The van der Waals surface area contributed by atoms with Crippen molar-refractivity contribution in [1.29, 1.82) is 0 Å². The van der Waals surface area contributed by atoms with Crippen LogP contribution in [0, 0.1) is 0 Å². The summed E-state index contributed by atoms with van der Waals surface area (Å²) in [4.78, 5) is -0.0248. The molecule has 0 atom stereocenters. The van der Waals surface area contributed by atoms with Crippen LogP contribution in [0.3, 0.4) is 0 Å². The number of anilines is 2. The molecule has 3 heterocycles. The molecule has 1 aliphatic heterocycles. The van der Waals surface area contributed by atoms with Gasteiger partial charge in [-0.3, -0.25) is 0 Å². The highest BCUT2D eigenvalue weighted by Crippen LogP contribution is 2.32. The summed E-state index contributed by atoms with van der Waals surface area (Å²) in [6.07, 6.45) is -2.18. The Morgan fingerprint density at radius 3 is 2.48 bits per heavy atom. The summed E-state index contributed by atoms with van der Waals surface area (Å²) in [7, 11) is -2.42. The Kier molecular flexibility index (Phi) is 5.47. The van der Waals surface area contributed by atoms with Crippen molar-refractivity contribution in [1.82, 2.24) is 24.1 Å². The van der Waals surface area contributed by atoms with Gasteiger partial charge in [-0.15, -0.1) is 15.3 Å². The zero-order chi connectivity index (χ0) is 22.2. The SMILES string of the molecule is COc1ccc(Nc2ccc3nnc(C(F)(F)F)n3n2)cc1S(=O)(=O)N1CCCCC1. The maximum absolute atomic E-state index is 13.1. The zero-order valence-electron chi connectivity index (χ0n) is 16.4. The van der Waals surface area contributed by atoms with Crippen LogP contribution in [0.25, 0.3) is 5.65 Å². The van der Waals surface area contributed by atoms with Crippen LogP contribution in [0.15, 0.2) is 35.2 Å². The first-order valence-corrected chi connectivity index (χ1v) is 10.9. The average molecular weight is 456 g/mol. The molecule has 1 fully saturated rings. The predicted octanol–water partition coefficient (Wildman–Crippen LogP) is 3.07. The Labute approximate surface area is 175 Å². The zero-order valence-corrected chi connectivity index (χ0v) is 17.2. The lowest BCUT2D eigenvalue weighted by Crippen LogP contribution is -2.35. The molecule has 4 rings (SSSR count). The Morgan fingerprint density at radius 2 is 1.81 bits per heavy atom. The van der Waals surface area contributed by atoms with E-state index in [2.05, 4.69) is 20.6 Å². The van der Waals surface area contributed by atoms with E-state index in [-0.39, 0.29) is 22.1 Å². The number of benzene rings is 1. The molecule has 0 spiro atoms. The van der Waals surface area contributed by atoms with Gasteiger partial charge in [-0.05, 0) is 43.2 Å². The van der Waals surface area contributed by atoms with Crippen LogP contribution in [0.2, 0.25) is 0 Å². The number of ether oxygens (including phenoxy) is 1. The Bertz CT molecular complexity index is 1210. The van der Waals surface area contributed by atoms with E-state index in [9.17, 15) is 21.6 Å². The standard InChI is InChI=1S/C18H19F3N6O3S/c1-30-13-6-5-12(11-14(13)31(28,29)26-9-3-2-4-10-26)22-15-7-8-16-23-24-17(18(19,20)21)27(16)25-15/h5-8,11H,2-4,9-10H2,1H3,(H,22,25). The average Bonchev–Trinajstić information content (AvgIpc) is 3.18. The van der Waals surface area contributed by atoms with E-state index in [0.29, 0.717) is 23.3 Å². The van der Waals surface area contributed by atoms with E-state index in [1.807, 2.05) is 0 Å². The van der Waals surface area contributed by atoms with Gasteiger partial charge in [0.25, 0.3) is 5.82 Å². The van der Waals surface area contributed by atoms with Crippen LogP contribution in [0.4, 0.5) is 24.7 Å². The van der Waals surface area contributed by atoms with Crippen molar-refractivity contribution in [2.24, 2.45) is 0 Å². The second-order valence-corrected chi connectivity index (χ2v) is 8.87. The number of nitrogens with one attached hydrogen (secondary N) is 1.